The first-order valence-electron chi connectivity index (χ1n) is 8.19. The van der Waals surface area contributed by atoms with Gasteiger partial charge in [-0.15, -0.1) is 0 Å². The Hall–Kier alpha value is -3.34. The van der Waals surface area contributed by atoms with Crippen molar-refractivity contribution in [2.75, 3.05) is 0 Å². The van der Waals surface area contributed by atoms with Gasteiger partial charge in [-0.3, -0.25) is 10.1 Å². The van der Waals surface area contributed by atoms with Gasteiger partial charge in [0.25, 0.3) is 0 Å². The smallest absolute Gasteiger partial charge is 0.129 e. The van der Waals surface area contributed by atoms with Crippen molar-refractivity contribution in [1.29, 1.82) is 0 Å². The Kier molecular flexibility index (Phi) is 4.27. The van der Waals surface area contributed by atoms with Gasteiger partial charge in [0.2, 0.25) is 0 Å². The van der Waals surface area contributed by atoms with Crippen LogP contribution in [-0.2, 0) is 6.42 Å². The minimum atomic E-state index is -0.571. The molecule has 0 atom stereocenters. The van der Waals surface area contributed by atoms with Crippen molar-refractivity contribution >= 4 is 23.1 Å². The summed E-state index contributed by atoms with van der Waals surface area (Å²) in [4.78, 5) is 4.26. The first-order valence-corrected chi connectivity index (χ1v) is 8.19. The standard InChI is InChI=1S/C21H15F2N3/c22-16-6-5-15(19(23)13-16)11-14-4-8-20-18(12-14)21(26-25-20)9-7-17-3-1-2-10-24-17/h1-10,12-13H,11H2,(H,25,26)/b9-7+. The Morgan fingerprint density at radius 3 is 2.69 bits per heavy atom. The number of benzene rings is 2. The maximum atomic E-state index is 13.9. The zero-order valence-electron chi connectivity index (χ0n) is 13.8. The molecule has 2 aromatic heterocycles. The van der Waals surface area contributed by atoms with Crippen LogP contribution in [0.3, 0.4) is 0 Å². The summed E-state index contributed by atoms with van der Waals surface area (Å²) >= 11 is 0. The van der Waals surface area contributed by atoms with Gasteiger partial charge in [0.1, 0.15) is 11.6 Å². The summed E-state index contributed by atoms with van der Waals surface area (Å²) in [6.45, 7) is 0. The molecule has 2 aromatic carbocycles. The van der Waals surface area contributed by atoms with Crippen molar-refractivity contribution in [1.82, 2.24) is 15.2 Å². The molecule has 5 heteroatoms. The van der Waals surface area contributed by atoms with Gasteiger partial charge < -0.3 is 0 Å². The molecule has 0 aliphatic heterocycles. The van der Waals surface area contributed by atoms with Crippen molar-refractivity contribution in [3.8, 4) is 0 Å². The van der Waals surface area contributed by atoms with Crippen molar-refractivity contribution in [2.45, 2.75) is 6.42 Å². The van der Waals surface area contributed by atoms with Crippen LogP contribution in [0, 0.1) is 11.6 Å². The number of aromatic amines is 1. The molecule has 4 rings (SSSR count). The fourth-order valence-corrected chi connectivity index (χ4v) is 2.84. The third-order valence-corrected chi connectivity index (χ3v) is 4.17. The second-order valence-corrected chi connectivity index (χ2v) is 5.99. The molecular weight excluding hydrogens is 332 g/mol. The SMILES string of the molecule is Fc1ccc(Cc2ccc3n[nH]c(/C=C/c4ccccn4)c3c2)c(F)c1. The Bertz CT molecular complexity index is 1090. The van der Waals surface area contributed by atoms with E-state index >= 15 is 0 Å². The lowest BCUT2D eigenvalue weighted by Gasteiger charge is -2.04. The molecule has 0 amide bonds. The summed E-state index contributed by atoms with van der Waals surface area (Å²) < 4.78 is 27.0. The first-order chi connectivity index (χ1) is 12.7. The number of nitrogens with zero attached hydrogens (tertiary/aromatic N) is 2. The monoisotopic (exact) mass is 347 g/mol. The molecule has 1 N–H and O–H groups in total. The number of aromatic nitrogens is 3. The zero-order valence-corrected chi connectivity index (χ0v) is 13.8. The maximum absolute atomic E-state index is 13.9. The normalized spacial score (nSPS) is 11.5. The highest BCUT2D eigenvalue weighted by Gasteiger charge is 2.08. The summed E-state index contributed by atoms with van der Waals surface area (Å²) in [7, 11) is 0. The average molecular weight is 347 g/mol. The van der Waals surface area contributed by atoms with E-state index in [0.717, 1.165) is 33.9 Å². The number of pyridine rings is 1. The van der Waals surface area contributed by atoms with Crippen molar-refractivity contribution in [2.24, 2.45) is 0 Å². The highest BCUT2D eigenvalue weighted by molar-refractivity contribution is 5.89. The average Bonchev–Trinajstić information content (AvgIpc) is 3.05. The molecule has 26 heavy (non-hydrogen) atoms. The number of hydrogen-bond acceptors (Lipinski definition) is 2. The van der Waals surface area contributed by atoms with Crippen LogP contribution in [0.4, 0.5) is 8.78 Å². The summed E-state index contributed by atoms with van der Waals surface area (Å²) in [5, 5.41) is 8.24. The van der Waals surface area contributed by atoms with Gasteiger partial charge in [-0.1, -0.05) is 18.2 Å². The minimum absolute atomic E-state index is 0.386. The first kappa shape index (κ1) is 16.1. The Morgan fingerprint density at radius 2 is 1.88 bits per heavy atom. The second-order valence-electron chi connectivity index (χ2n) is 5.99. The highest BCUT2D eigenvalue weighted by Crippen LogP contribution is 2.22. The lowest BCUT2D eigenvalue weighted by molar-refractivity contribution is 0.574. The molecule has 0 saturated heterocycles. The summed E-state index contributed by atoms with van der Waals surface area (Å²) in [6, 6.07) is 15.1. The molecule has 0 aliphatic carbocycles. The zero-order chi connectivity index (χ0) is 17.9. The van der Waals surface area contributed by atoms with Gasteiger partial charge in [0.15, 0.2) is 0 Å². The van der Waals surface area contributed by atoms with E-state index in [1.807, 2.05) is 48.6 Å². The molecule has 0 fully saturated rings. The Morgan fingerprint density at radius 1 is 0.962 bits per heavy atom. The fraction of sp³-hybridized carbons (Fsp3) is 0.0476. The molecule has 3 nitrogen and oxygen atoms in total. The van der Waals surface area contributed by atoms with Crippen LogP contribution in [-0.4, -0.2) is 15.2 Å². The molecule has 0 radical (unpaired) electrons. The van der Waals surface area contributed by atoms with E-state index in [0.29, 0.717) is 12.0 Å². The lowest BCUT2D eigenvalue weighted by Crippen LogP contribution is -1.93. The van der Waals surface area contributed by atoms with Crippen LogP contribution in [0.5, 0.6) is 0 Å². The van der Waals surface area contributed by atoms with Crippen molar-refractivity contribution < 1.29 is 8.78 Å². The van der Waals surface area contributed by atoms with E-state index in [4.69, 9.17) is 0 Å². The quantitative estimate of drug-likeness (QED) is 0.565. The van der Waals surface area contributed by atoms with Crippen LogP contribution in [0.25, 0.3) is 23.1 Å². The Labute approximate surface area is 149 Å². The molecule has 0 aliphatic rings. The number of H-pyrrole nitrogens is 1. The van der Waals surface area contributed by atoms with Gasteiger partial charge in [-0.25, -0.2) is 8.78 Å². The summed E-state index contributed by atoms with van der Waals surface area (Å²) in [6.07, 6.45) is 5.94. The van der Waals surface area contributed by atoms with Crippen molar-refractivity contribution in [3.05, 3.63) is 94.9 Å². The van der Waals surface area contributed by atoms with E-state index in [2.05, 4.69) is 15.2 Å². The van der Waals surface area contributed by atoms with E-state index < -0.39 is 11.6 Å². The third-order valence-electron chi connectivity index (χ3n) is 4.17. The molecule has 0 unspecified atom stereocenters. The topological polar surface area (TPSA) is 41.6 Å². The predicted molar refractivity (Wildman–Crippen MR) is 98.4 cm³/mol. The molecule has 0 bridgehead atoms. The van der Waals surface area contributed by atoms with Crippen LogP contribution < -0.4 is 0 Å². The predicted octanol–water partition coefficient (Wildman–Crippen LogP) is 5.00. The van der Waals surface area contributed by atoms with Gasteiger partial charge in [-0.2, -0.15) is 5.10 Å². The summed E-state index contributed by atoms with van der Waals surface area (Å²) in [5.74, 6) is -1.11. The number of fused-ring (bicyclic) bond motifs is 1. The van der Waals surface area contributed by atoms with Gasteiger partial charge in [0, 0.05) is 24.1 Å². The molecular formula is C21H15F2N3. The largest absolute Gasteiger partial charge is 0.277 e. The maximum Gasteiger partial charge on any atom is 0.129 e. The van der Waals surface area contributed by atoms with Crippen LogP contribution in [0.1, 0.15) is 22.5 Å². The van der Waals surface area contributed by atoms with Gasteiger partial charge >= 0.3 is 0 Å². The van der Waals surface area contributed by atoms with Crippen LogP contribution in [0.15, 0.2) is 60.8 Å². The van der Waals surface area contributed by atoms with E-state index in [9.17, 15) is 8.78 Å². The fourth-order valence-electron chi connectivity index (χ4n) is 2.84. The molecule has 4 aromatic rings. The van der Waals surface area contributed by atoms with E-state index in [1.54, 1.807) is 6.20 Å². The van der Waals surface area contributed by atoms with Gasteiger partial charge in [0.05, 0.1) is 16.9 Å². The van der Waals surface area contributed by atoms with Gasteiger partial charge in [-0.05, 0) is 53.6 Å². The van der Waals surface area contributed by atoms with Crippen LogP contribution >= 0.6 is 0 Å². The van der Waals surface area contributed by atoms with Crippen LogP contribution in [0.2, 0.25) is 0 Å². The lowest BCUT2D eigenvalue weighted by atomic mass is 10.0. The third kappa shape index (κ3) is 3.37. The van der Waals surface area contributed by atoms with Crippen molar-refractivity contribution in [3.63, 3.8) is 0 Å². The number of hydrogen-bond donors (Lipinski definition) is 1. The number of halogens is 2. The number of rotatable bonds is 4. The Balaban J connectivity index is 1.65. The highest BCUT2D eigenvalue weighted by atomic mass is 19.1. The second kappa shape index (κ2) is 6.88. The van der Waals surface area contributed by atoms with E-state index in [1.165, 1.54) is 12.1 Å². The van der Waals surface area contributed by atoms with E-state index in [-0.39, 0.29) is 0 Å². The molecule has 0 spiro atoms. The molecule has 0 saturated carbocycles. The number of nitrogens with one attached hydrogen (secondary N) is 1. The minimum Gasteiger partial charge on any atom is -0.277 e. The summed E-state index contributed by atoms with van der Waals surface area (Å²) in [5.41, 5.74) is 3.91. The molecule has 128 valence electrons. The molecule has 2 heterocycles.